The number of hydrogen-bond acceptors (Lipinski definition) is 8. The van der Waals surface area contributed by atoms with Crippen LogP contribution in [-0.4, -0.2) is 75.7 Å². The summed E-state index contributed by atoms with van der Waals surface area (Å²) in [7, 11) is 0. The molecule has 0 aromatic heterocycles. The van der Waals surface area contributed by atoms with Crippen LogP contribution in [-0.2, 0) is 23.9 Å². The van der Waals surface area contributed by atoms with Crippen molar-refractivity contribution in [1.29, 1.82) is 0 Å². The molecule has 32 heavy (non-hydrogen) atoms. The number of cyclic esters (lactones) is 1. The standard InChI is InChI=1S/C20H31ClN4O7/c1-8(22)16(28)23-9(2)17(29)24-10(3)18(30)25-15-12-5-11(26)6-13(27)14(12)19(31)32-20(15,4)7-21/h8-12,15,26-27H,5-7,22H2,1-4H3,(H,23,28)(H,24,29)(H,25,30)/t8-,9-,10-,11-,12+,15+,20+/m0/s1. The first-order valence-electron chi connectivity index (χ1n) is 10.4. The van der Waals surface area contributed by atoms with E-state index >= 15 is 0 Å². The number of esters is 1. The zero-order chi connectivity index (χ0) is 24.4. The van der Waals surface area contributed by atoms with Crippen LogP contribution in [0.4, 0.5) is 0 Å². The predicted molar refractivity (Wildman–Crippen MR) is 114 cm³/mol. The number of aliphatic hydroxyl groups is 2. The summed E-state index contributed by atoms with van der Waals surface area (Å²) in [6.07, 6.45) is -0.871. The van der Waals surface area contributed by atoms with Crippen LogP contribution in [0.25, 0.3) is 0 Å². The van der Waals surface area contributed by atoms with E-state index in [9.17, 15) is 29.4 Å². The fourth-order valence-corrected chi connectivity index (χ4v) is 4.05. The Morgan fingerprint density at radius 3 is 2.31 bits per heavy atom. The summed E-state index contributed by atoms with van der Waals surface area (Å²) >= 11 is 6.06. The number of nitrogens with one attached hydrogen (secondary N) is 3. The zero-order valence-corrected chi connectivity index (χ0v) is 19.2. The number of nitrogens with two attached hydrogens (primary N) is 1. The Labute approximate surface area is 191 Å². The topological polar surface area (TPSA) is 180 Å². The molecule has 0 saturated carbocycles. The Morgan fingerprint density at radius 2 is 1.75 bits per heavy atom. The van der Waals surface area contributed by atoms with Gasteiger partial charge in [0.05, 0.1) is 29.6 Å². The second-order valence-corrected chi connectivity index (χ2v) is 8.90. The van der Waals surface area contributed by atoms with Crippen LogP contribution < -0.4 is 21.7 Å². The van der Waals surface area contributed by atoms with Crippen LogP contribution in [0.2, 0.25) is 0 Å². The Kier molecular flexibility index (Phi) is 8.13. The molecule has 0 aromatic carbocycles. The molecule has 11 nitrogen and oxygen atoms in total. The first-order valence-corrected chi connectivity index (χ1v) is 10.9. The molecule has 3 amide bonds. The van der Waals surface area contributed by atoms with Gasteiger partial charge in [-0.05, 0) is 34.1 Å². The van der Waals surface area contributed by atoms with E-state index in [4.69, 9.17) is 22.1 Å². The average Bonchev–Trinajstić information content (AvgIpc) is 2.69. The molecule has 0 radical (unpaired) electrons. The van der Waals surface area contributed by atoms with E-state index in [0.29, 0.717) is 0 Å². The van der Waals surface area contributed by atoms with E-state index < -0.39 is 65.5 Å². The van der Waals surface area contributed by atoms with Gasteiger partial charge in [-0.1, -0.05) is 0 Å². The van der Waals surface area contributed by atoms with Crippen molar-refractivity contribution in [3.63, 3.8) is 0 Å². The number of hydrogen-bond donors (Lipinski definition) is 6. The molecule has 1 aliphatic carbocycles. The highest BCUT2D eigenvalue weighted by Gasteiger charge is 2.53. The van der Waals surface area contributed by atoms with Crippen molar-refractivity contribution in [2.45, 2.75) is 76.4 Å². The van der Waals surface area contributed by atoms with Gasteiger partial charge in [-0.25, -0.2) is 4.79 Å². The van der Waals surface area contributed by atoms with Gasteiger partial charge in [0.1, 0.15) is 23.4 Å². The molecule has 12 heteroatoms. The fourth-order valence-electron chi connectivity index (χ4n) is 3.83. The Balaban J connectivity index is 2.15. The van der Waals surface area contributed by atoms with Crippen molar-refractivity contribution in [1.82, 2.24) is 16.0 Å². The molecule has 1 saturated heterocycles. The normalized spacial score (nSPS) is 30.3. The third-order valence-corrected chi connectivity index (χ3v) is 6.25. The van der Waals surface area contributed by atoms with Crippen molar-refractivity contribution in [2.24, 2.45) is 11.7 Å². The van der Waals surface area contributed by atoms with Crippen LogP contribution in [0, 0.1) is 5.92 Å². The van der Waals surface area contributed by atoms with E-state index in [1.165, 1.54) is 20.8 Å². The molecule has 0 bridgehead atoms. The summed E-state index contributed by atoms with van der Waals surface area (Å²) in [6.45, 7) is 5.93. The first-order chi connectivity index (χ1) is 14.8. The summed E-state index contributed by atoms with van der Waals surface area (Å²) in [6, 6.07) is -3.58. The number of carbonyl (C=O) groups excluding carboxylic acids is 4. The van der Waals surface area contributed by atoms with E-state index in [2.05, 4.69) is 16.0 Å². The van der Waals surface area contributed by atoms with Crippen LogP contribution in [0.5, 0.6) is 0 Å². The number of halogens is 1. The number of carbonyl (C=O) groups is 4. The summed E-state index contributed by atoms with van der Waals surface area (Å²) in [5.74, 6) is -3.60. The van der Waals surface area contributed by atoms with Crippen molar-refractivity contribution >= 4 is 35.3 Å². The highest BCUT2D eigenvalue weighted by Crippen LogP contribution is 2.42. The SMILES string of the molecule is C[C@H](N)C(=O)N[C@@H](C)C(=O)N[C@@H](C)C(=O)N[C@@H]1[C@@H]2C[C@H](O)CC(O)=C2C(=O)O[C@]1(C)CCl. The molecule has 1 aliphatic heterocycles. The quantitative estimate of drug-likeness (QED) is 0.200. The highest BCUT2D eigenvalue weighted by atomic mass is 35.5. The third-order valence-electron chi connectivity index (χ3n) is 5.72. The van der Waals surface area contributed by atoms with Gasteiger partial charge in [0, 0.05) is 12.3 Å². The van der Waals surface area contributed by atoms with Crippen LogP contribution in [0.3, 0.4) is 0 Å². The summed E-state index contributed by atoms with van der Waals surface area (Å²) < 4.78 is 5.45. The van der Waals surface area contributed by atoms with Gasteiger partial charge in [-0.2, -0.15) is 0 Å². The first kappa shape index (κ1) is 25.9. The molecular formula is C20H31ClN4O7. The molecule has 0 unspecified atom stereocenters. The van der Waals surface area contributed by atoms with Gasteiger partial charge in [0.2, 0.25) is 17.7 Å². The summed E-state index contributed by atoms with van der Waals surface area (Å²) in [4.78, 5) is 49.3. The van der Waals surface area contributed by atoms with Crippen LogP contribution in [0.1, 0.15) is 40.5 Å². The lowest BCUT2D eigenvalue weighted by Gasteiger charge is -2.47. The number of fused-ring (bicyclic) bond motifs is 1. The number of alkyl halides is 1. The Hall–Kier alpha value is -2.37. The summed E-state index contributed by atoms with van der Waals surface area (Å²) in [5.41, 5.74) is 4.17. The molecule has 1 fully saturated rings. The minimum absolute atomic E-state index is 0.00659. The average molecular weight is 475 g/mol. The minimum Gasteiger partial charge on any atom is -0.512 e. The predicted octanol–water partition coefficient (Wildman–Crippen LogP) is -1.03. The largest absolute Gasteiger partial charge is 0.512 e. The van der Waals surface area contributed by atoms with Gasteiger partial charge in [-0.3, -0.25) is 14.4 Å². The lowest BCUT2D eigenvalue weighted by Crippen LogP contribution is -2.65. The molecule has 180 valence electrons. The van der Waals surface area contributed by atoms with Crippen molar-refractivity contribution < 1.29 is 34.1 Å². The second-order valence-electron chi connectivity index (χ2n) is 8.63. The zero-order valence-electron chi connectivity index (χ0n) is 18.5. The molecule has 2 aliphatic rings. The van der Waals surface area contributed by atoms with Gasteiger partial charge in [0.25, 0.3) is 0 Å². The monoisotopic (exact) mass is 474 g/mol. The van der Waals surface area contributed by atoms with Crippen LogP contribution >= 0.6 is 11.6 Å². The molecule has 0 aromatic rings. The van der Waals surface area contributed by atoms with Crippen molar-refractivity contribution in [2.75, 3.05) is 5.88 Å². The molecule has 2 rings (SSSR count). The number of ether oxygens (including phenoxy) is 1. The summed E-state index contributed by atoms with van der Waals surface area (Å²) in [5, 5.41) is 28.0. The lowest BCUT2D eigenvalue weighted by atomic mass is 9.72. The Bertz CT molecular complexity index is 818. The second kappa shape index (κ2) is 10.1. The fraction of sp³-hybridized carbons (Fsp3) is 0.700. The Morgan fingerprint density at radius 1 is 1.19 bits per heavy atom. The lowest BCUT2D eigenvalue weighted by molar-refractivity contribution is -0.166. The van der Waals surface area contributed by atoms with Gasteiger partial charge in [-0.15, -0.1) is 11.6 Å². The number of amides is 3. The van der Waals surface area contributed by atoms with E-state index in [1.807, 2.05) is 0 Å². The number of aliphatic hydroxyl groups excluding tert-OH is 2. The van der Waals surface area contributed by atoms with Crippen LogP contribution in [0.15, 0.2) is 11.3 Å². The van der Waals surface area contributed by atoms with Crippen molar-refractivity contribution in [3.05, 3.63) is 11.3 Å². The highest BCUT2D eigenvalue weighted by molar-refractivity contribution is 6.18. The van der Waals surface area contributed by atoms with Gasteiger partial charge >= 0.3 is 5.97 Å². The smallest absolute Gasteiger partial charge is 0.338 e. The van der Waals surface area contributed by atoms with E-state index in [0.717, 1.165) is 0 Å². The van der Waals surface area contributed by atoms with Gasteiger partial charge in [0.15, 0.2) is 0 Å². The molecule has 0 spiro atoms. The molecular weight excluding hydrogens is 444 g/mol. The molecule has 7 atom stereocenters. The molecule has 1 heterocycles. The maximum absolute atomic E-state index is 12.9. The van der Waals surface area contributed by atoms with E-state index in [-0.39, 0.29) is 30.1 Å². The third kappa shape index (κ3) is 5.51. The van der Waals surface area contributed by atoms with Gasteiger partial charge < -0.3 is 36.6 Å². The number of rotatable bonds is 7. The maximum atomic E-state index is 12.9. The minimum atomic E-state index is -1.30. The maximum Gasteiger partial charge on any atom is 0.338 e. The molecule has 7 N–H and O–H groups in total. The van der Waals surface area contributed by atoms with Crippen molar-refractivity contribution in [3.8, 4) is 0 Å². The van der Waals surface area contributed by atoms with E-state index in [1.54, 1.807) is 6.92 Å².